The summed E-state index contributed by atoms with van der Waals surface area (Å²) in [4.78, 5) is 41.7. The molecule has 0 aromatic heterocycles. The van der Waals surface area contributed by atoms with Gasteiger partial charge in [-0.15, -0.1) is 0 Å². The van der Waals surface area contributed by atoms with Gasteiger partial charge in [0.2, 0.25) is 11.8 Å². The Bertz CT molecular complexity index is 797. The molecule has 3 amide bonds. The van der Waals surface area contributed by atoms with E-state index in [2.05, 4.69) is 10.6 Å². The zero-order chi connectivity index (χ0) is 24.6. The Morgan fingerprint density at radius 3 is 2.45 bits per heavy atom. The average Bonchev–Trinajstić information content (AvgIpc) is 3.26. The number of rotatable bonds is 10. The highest BCUT2D eigenvalue weighted by Crippen LogP contribution is 2.26. The molecule has 1 aliphatic rings. The molecule has 3 atom stereocenters. The third-order valence-corrected chi connectivity index (χ3v) is 6.30. The number of hydrogen-bond acceptors (Lipinski definition) is 4. The van der Waals surface area contributed by atoms with Crippen LogP contribution in [0.3, 0.4) is 0 Å². The quantitative estimate of drug-likeness (QED) is 0.558. The minimum absolute atomic E-state index is 0.155. The summed E-state index contributed by atoms with van der Waals surface area (Å²) in [6.45, 7) is 7.69. The highest BCUT2D eigenvalue weighted by molar-refractivity contribution is 5.90. The minimum Gasteiger partial charge on any atom is -0.342 e. The largest absolute Gasteiger partial charge is 0.342 e. The van der Waals surface area contributed by atoms with Crippen LogP contribution in [0.2, 0.25) is 0 Å². The van der Waals surface area contributed by atoms with Crippen molar-refractivity contribution in [1.82, 2.24) is 20.4 Å². The molecular weight excluding hydrogens is 423 g/mol. The van der Waals surface area contributed by atoms with Crippen molar-refractivity contribution in [2.24, 2.45) is 5.41 Å². The fourth-order valence-electron chi connectivity index (χ4n) is 4.09. The van der Waals surface area contributed by atoms with E-state index in [1.807, 2.05) is 51.1 Å². The van der Waals surface area contributed by atoms with E-state index in [1.54, 1.807) is 18.9 Å². The van der Waals surface area contributed by atoms with E-state index in [0.717, 1.165) is 18.4 Å². The minimum atomic E-state index is -1.06. The maximum atomic E-state index is 13.6. The summed E-state index contributed by atoms with van der Waals surface area (Å²) in [6.07, 6.45) is 2.17. The van der Waals surface area contributed by atoms with Gasteiger partial charge < -0.3 is 20.4 Å². The smallest absolute Gasteiger partial charge is 0.254 e. The number of nitrogens with one attached hydrogen (secondary N) is 2. The number of likely N-dealkylation sites (tertiary alicyclic amines) is 1. The van der Waals surface area contributed by atoms with Crippen LogP contribution in [0, 0.1) is 5.41 Å². The zero-order valence-corrected chi connectivity index (χ0v) is 20.6. The number of amides is 3. The summed E-state index contributed by atoms with van der Waals surface area (Å²) in [6, 6.07) is 8.43. The van der Waals surface area contributed by atoms with E-state index in [-0.39, 0.29) is 17.9 Å². The maximum Gasteiger partial charge on any atom is 0.254 e. The van der Waals surface area contributed by atoms with Crippen molar-refractivity contribution in [3.05, 3.63) is 35.9 Å². The van der Waals surface area contributed by atoms with Gasteiger partial charge in [0.15, 0.2) is 6.67 Å². The highest BCUT2D eigenvalue weighted by atomic mass is 19.1. The van der Waals surface area contributed by atoms with Gasteiger partial charge in [-0.1, -0.05) is 51.1 Å². The summed E-state index contributed by atoms with van der Waals surface area (Å²) in [5, 5.41) is 5.80. The van der Waals surface area contributed by atoms with Gasteiger partial charge in [-0.3, -0.25) is 14.4 Å². The topological polar surface area (TPSA) is 81.8 Å². The van der Waals surface area contributed by atoms with Crippen molar-refractivity contribution in [3.63, 3.8) is 0 Å². The lowest BCUT2D eigenvalue weighted by Crippen LogP contribution is -2.59. The Kier molecular flexibility index (Phi) is 9.83. The molecule has 2 rings (SSSR count). The third kappa shape index (κ3) is 7.52. The molecule has 0 bridgehead atoms. The summed E-state index contributed by atoms with van der Waals surface area (Å²) in [5.74, 6) is -0.954. The molecule has 1 saturated heterocycles. The van der Waals surface area contributed by atoms with Crippen molar-refractivity contribution in [2.45, 2.75) is 65.1 Å². The van der Waals surface area contributed by atoms with Gasteiger partial charge in [-0.2, -0.15) is 0 Å². The Morgan fingerprint density at radius 2 is 1.88 bits per heavy atom. The van der Waals surface area contributed by atoms with E-state index < -0.39 is 30.1 Å². The Labute approximate surface area is 197 Å². The van der Waals surface area contributed by atoms with Crippen LogP contribution in [0.5, 0.6) is 0 Å². The van der Waals surface area contributed by atoms with E-state index in [0.29, 0.717) is 26.1 Å². The maximum absolute atomic E-state index is 13.6. The molecule has 2 N–H and O–H groups in total. The zero-order valence-electron chi connectivity index (χ0n) is 20.6. The highest BCUT2D eigenvalue weighted by Gasteiger charge is 2.40. The number of nitrogens with zero attached hydrogens (tertiary/aromatic N) is 2. The fourth-order valence-corrected chi connectivity index (χ4v) is 4.09. The number of likely N-dealkylation sites (N-methyl/N-ethyl adjacent to an activating group) is 1. The molecular formula is C25H39FN4O3. The molecule has 0 unspecified atom stereocenters. The first kappa shape index (κ1) is 26.8. The predicted octanol–water partition coefficient (Wildman–Crippen LogP) is 2.16. The number of halogens is 1. The summed E-state index contributed by atoms with van der Waals surface area (Å²) >= 11 is 0. The van der Waals surface area contributed by atoms with Crippen LogP contribution in [-0.4, -0.2) is 79.0 Å². The molecule has 1 aliphatic heterocycles. The van der Waals surface area contributed by atoms with E-state index in [4.69, 9.17) is 0 Å². The Hall–Kier alpha value is -2.48. The van der Waals surface area contributed by atoms with Gasteiger partial charge in [0.1, 0.15) is 6.04 Å². The second-order valence-corrected chi connectivity index (χ2v) is 9.85. The summed E-state index contributed by atoms with van der Waals surface area (Å²) in [7, 11) is 1.70. The van der Waals surface area contributed by atoms with Crippen molar-refractivity contribution < 1.29 is 18.8 Å². The molecule has 0 radical (unpaired) electrons. The first-order valence-electron chi connectivity index (χ1n) is 11.7. The van der Waals surface area contributed by atoms with Crippen LogP contribution in [0.15, 0.2) is 30.3 Å². The van der Waals surface area contributed by atoms with Crippen LogP contribution in [0.25, 0.3) is 0 Å². The van der Waals surface area contributed by atoms with E-state index in [1.165, 1.54) is 4.90 Å². The fraction of sp³-hybridized carbons (Fsp3) is 0.640. The second kappa shape index (κ2) is 12.1. The molecule has 8 heteroatoms. The van der Waals surface area contributed by atoms with E-state index >= 15 is 0 Å². The second-order valence-electron chi connectivity index (χ2n) is 9.85. The van der Waals surface area contributed by atoms with E-state index in [9.17, 15) is 18.8 Å². The lowest BCUT2D eigenvalue weighted by molar-refractivity contribution is -0.142. The molecule has 1 aromatic rings. The van der Waals surface area contributed by atoms with Gasteiger partial charge >= 0.3 is 0 Å². The van der Waals surface area contributed by atoms with Crippen molar-refractivity contribution in [3.8, 4) is 0 Å². The monoisotopic (exact) mass is 462 g/mol. The SMILES string of the molecule is CN[C@@H](C)C(=O)N[C@H](C(=O)N1CCC[C@H]1CN(CCc1ccccc1)C(=O)CF)C(C)(C)C. The van der Waals surface area contributed by atoms with Crippen molar-refractivity contribution >= 4 is 17.7 Å². The molecule has 0 saturated carbocycles. The molecule has 0 spiro atoms. The van der Waals surface area contributed by atoms with Crippen LogP contribution >= 0.6 is 0 Å². The number of alkyl halides is 1. The lowest BCUT2D eigenvalue weighted by Gasteiger charge is -2.37. The molecule has 1 fully saturated rings. The van der Waals surface area contributed by atoms with Crippen molar-refractivity contribution in [1.29, 1.82) is 0 Å². The van der Waals surface area contributed by atoms with Gasteiger partial charge in [-0.25, -0.2) is 4.39 Å². The normalized spacial score (nSPS) is 18.0. The van der Waals surface area contributed by atoms with Gasteiger partial charge in [-0.05, 0) is 44.2 Å². The van der Waals surface area contributed by atoms with Gasteiger partial charge in [0, 0.05) is 25.7 Å². The number of benzene rings is 1. The van der Waals surface area contributed by atoms with Crippen LogP contribution < -0.4 is 10.6 Å². The van der Waals surface area contributed by atoms with Gasteiger partial charge in [0.25, 0.3) is 5.91 Å². The first-order valence-corrected chi connectivity index (χ1v) is 11.7. The molecule has 1 heterocycles. The third-order valence-electron chi connectivity index (χ3n) is 6.30. The molecule has 1 aromatic carbocycles. The molecule has 7 nitrogen and oxygen atoms in total. The number of carbonyl (C=O) groups is 3. The van der Waals surface area contributed by atoms with Crippen LogP contribution in [0.1, 0.15) is 46.1 Å². The summed E-state index contributed by atoms with van der Waals surface area (Å²) < 4.78 is 13.3. The molecule has 33 heavy (non-hydrogen) atoms. The standard InChI is InChI=1S/C25H39FN4O3/c1-18(27-5)23(32)28-22(25(2,3)4)24(33)30-14-9-12-20(30)17-29(21(31)16-26)15-13-19-10-7-6-8-11-19/h6-8,10-11,18,20,22,27H,9,12-17H2,1-5H3,(H,28,32)/t18-,20-,22+/m0/s1. The van der Waals surface area contributed by atoms with Gasteiger partial charge in [0.05, 0.1) is 6.04 Å². The first-order chi connectivity index (χ1) is 15.6. The average molecular weight is 463 g/mol. The Morgan fingerprint density at radius 1 is 1.21 bits per heavy atom. The number of carbonyl (C=O) groups excluding carboxylic acids is 3. The molecule has 184 valence electrons. The van der Waals surface area contributed by atoms with Crippen molar-refractivity contribution in [2.75, 3.05) is 33.4 Å². The Balaban J connectivity index is 2.13. The predicted molar refractivity (Wildman–Crippen MR) is 127 cm³/mol. The summed E-state index contributed by atoms with van der Waals surface area (Å²) in [5.41, 5.74) is 0.581. The van der Waals surface area contributed by atoms with Crippen LogP contribution in [0.4, 0.5) is 4.39 Å². The number of hydrogen-bond donors (Lipinski definition) is 2. The lowest BCUT2D eigenvalue weighted by atomic mass is 9.85. The van der Waals surface area contributed by atoms with Crippen LogP contribution in [-0.2, 0) is 20.8 Å². The molecule has 0 aliphatic carbocycles.